The third kappa shape index (κ3) is 3.08. The number of hydrogen-bond acceptors (Lipinski definition) is 5. The fraction of sp³-hybridized carbons (Fsp3) is 0.714. The van der Waals surface area contributed by atoms with Crippen LogP contribution >= 0.6 is 11.3 Å². The molecule has 2 amide bonds. The molecule has 7 heteroatoms. The summed E-state index contributed by atoms with van der Waals surface area (Å²) >= 11 is 1.51. The molecule has 6 nitrogen and oxygen atoms in total. The van der Waals surface area contributed by atoms with E-state index in [-0.39, 0.29) is 16.7 Å². The molecule has 4 rings (SSSR count). The van der Waals surface area contributed by atoms with Gasteiger partial charge < -0.3 is 14.5 Å². The van der Waals surface area contributed by atoms with E-state index in [1.165, 1.54) is 11.3 Å². The SMILES string of the molecule is CCN1CCC2(CN(CCOC)CC23CCN(C(=O)c2cccs2)CC3)C1=O. The number of likely N-dealkylation sites (tertiary alicyclic amines) is 3. The van der Waals surface area contributed by atoms with Crippen molar-refractivity contribution >= 4 is 23.2 Å². The van der Waals surface area contributed by atoms with E-state index in [2.05, 4.69) is 11.8 Å². The quantitative estimate of drug-likeness (QED) is 0.753. The average Bonchev–Trinajstić information content (AvgIpc) is 3.42. The maximum atomic E-state index is 13.4. The Kier molecular flexibility index (Phi) is 5.51. The Balaban J connectivity index is 1.54. The van der Waals surface area contributed by atoms with Gasteiger partial charge in [-0.1, -0.05) is 6.07 Å². The van der Waals surface area contributed by atoms with Gasteiger partial charge in [-0.05, 0) is 37.6 Å². The largest absolute Gasteiger partial charge is 0.383 e. The van der Waals surface area contributed by atoms with E-state index in [0.29, 0.717) is 12.5 Å². The summed E-state index contributed by atoms with van der Waals surface area (Å²) in [5.74, 6) is 0.481. The van der Waals surface area contributed by atoms with Crippen LogP contribution in [0.2, 0.25) is 0 Å². The van der Waals surface area contributed by atoms with Gasteiger partial charge in [0.1, 0.15) is 0 Å². The summed E-state index contributed by atoms with van der Waals surface area (Å²) in [4.78, 5) is 33.5. The lowest BCUT2D eigenvalue weighted by Gasteiger charge is -2.47. The maximum absolute atomic E-state index is 13.4. The van der Waals surface area contributed by atoms with Crippen molar-refractivity contribution in [3.63, 3.8) is 0 Å². The van der Waals surface area contributed by atoms with Gasteiger partial charge in [0.15, 0.2) is 0 Å². The Bertz CT molecular complexity index is 714. The van der Waals surface area contributed by atoms with E-state index in [1.807, 2.05) is 27.3 Å². The van der Waals surface area contributed by atoms with E-state index in [0.717, 1.165) is 70.0 Å². The number of rotatable bonds is 5. The Morgan fingerprint density at radius 2 is 2.00 bits per heavy atom. The molecule has 0 aromatic carbocycles. The van der Waals surface area contributed by atoms with Crippen LogP contribution in [0.1, 0.15) is 35.9 Å². The molecular weight excluding hydrogens is 374 g/mol. The molecule has 28 heavy (non-hydrogen) atoms. The van der Waals surface area contributed by atoms with Crippen molar-refractivity contribution in [3.05, 3.63) is 22.4 Å². The van der Waals surface area contributed by atoms with Crippen LogP contribution in [0.3, 0.4) is 0 Å². The van der Waals surface area contributed by atoms with Gasteiger partial charge in [0.2, 0.25) is 5.91 Å². The number of hydrogen-bond donors (Lipinski definition) is 0. The molecular formula is C21H31N3O3S. The third-order valence-corrected chi connectivity index (χ3v) is 8.13. The van der Waals surface area contributed by atoms with Crippen molar-refractivity contribution in [1.82, 2.24) is 14.7 Å². The molecule has 3 aliphatic heterocycles. The molecule has 3 saturated heterocycles. The molecule has 1 aromatic rings. The molecule has 4 heterocycles. The number of thiophene rings is 1. The van der Waals surface area contributed by atoms with Crippen molar-refractivity contribution < 1.29 is 14.3 Å². The number of ether oxygens (including phenoxy) is 1. The predicted octanol–water partition coefficient (Wildman–Crippen LogP) is 2.17. The minimum absolute atomic E-state index is 0.0199. The summed E-state index contributed by atoms with van der Waals surface area (Å²) in [6.45, 7) is 8.57. The van der Waals surface area contributed by atoms with Crippen LogP contribution < -0.4 is 0 Å². The molecule has 2 spiro atoms. The van der Waals surface area contributed by atoms with Crippen molar-refractivity contribution in [1.29, 1.82) is 0 Å². The third-order valence-electron chi connectivity index (χ3n) is 7.27. The fourth-order valence-electron chi connectivity index (χ4n) is 5.67. The zero-order chi connectivity index (χ0) is 19.8. The maximum Gasteiger partial charge on any atom is 0.263 e. The monoisotopic (exact) mass is 405 g/mol. The van der Waals surface area contributed by atoms with Crippen LogP contribution in [0.5, 0.6) is 0 Å². The number of fused-ring (bicyclic) bond motifs is 1. The van der Waals surface area contributed by atoms with Crippen molar-refractivity contribution in [2.75, 3.05) is 59.5 Å². The summed E-state index contributed by atoms with van der Waals surface area (Å²) < 4.78 is 5.30. The molecule has 0 radical (unpaired) electrons. The molecule has 0 saturated carbocycles. The van der Waals surface area contributed by atoms with Gasteiger partial charge in [-0.3, -0.25) is 14.5 Å². The van der Waals surface area contributed by atoms with Crippen LogP contribution in [0.4, 0.5) is 0 Å². The Hall–Kier alpha value is -1.44. The fourth-order valence-corrected chi connectivity index (χ4v) is 6.36. The first-order valence-electron chi connectivity index (χ1n) is 10.4. The first-order chi connectivity index (χ1) is 13.5. The summed E-state index contributed by atoms with van der Waals surface area (Å²) in [5, 5.41) is 1.95. The zero-order valence-electron chi connectivity index (χ0n) is 17.0. The summed E-state index contributed by atoms with van der Waals surface area (Å²) in [7, 11) is 1.73. The zero-order valence-corrected chi connectivity index (χ0v) is 17.8. The van der Waals surface area contributed by atoms with Crippen molar-refractivity contribution in [2.24, 2.45) is 10.8 Å². The summed E-state index contributed by atoms with van der Waals surface area (Å²) in [6.07, 6.45) is 2.77. The van der Waals surface area contributed by atoms with Crippen molar-refractivity contribution in [2.45, 2.75) is 26.2 Å². The Morgan fingerprint density at radius 3 is 2.61 bits per heavy atom. The van der Waals surface area contributed by atoms with E-state index >= 15 is 0 Å². The van der Waals surface area contributed by atoms with E-state index in [1.54, 1.807) is 7.11 Å². The standard InChI is InChI=1S/C21H31N3O3S/c1-3-23-11-8-21(19(23)26)16-22(12-13-27-2)15-20(21)6-9-24(10-7-20)18(25)17-5-4-14-28-17/h4-5,14H,3,6-13,15-16H2,1-2H3. The second-order valence-corrected chi connectivity index (χ2v) is 9.42. The first-order valence-corrected chi connectivity index (χ1v) is 11.3. The lowest BCUT2D eigenvalue weighted by atomic mass is 9.60. The number of carbonyl (C=O) groups excluding carboxylic acids is 2. The van der Waals surface area contributed by atoms with E-state index in [9.17, 15) is 9.59 Å². The molecule has 1 aromatic heterocycles. The van der Waals surface area contributed by atoms with Crippen LogP contribution in [0, 0.1) is 10.8 Å². The number of methoxy groups -OCH3 is 1. The van der Waals surface area contributed by atoms with E-state index in [4.69, 9.17) is 4.74 Å². The van der Waals surface area contributed by atoms with Crippen LogP contribution in [0.25, 0.3) is 0 Å². The van der Waals surface area contributed by atoms with Gasteiger partial charge >= 0.3 is 0 Å². The number of amides is 2. The number of nitrogens with zero attached hydrogens (tertiary/aromatic N) is 3. The van der Waals surface area contributed by atoms with Gasteiger partial charge in [-0.25, -0.2) is 0 Å². The lowest BCUT2D eigenvalue weighted by molar-refractivity contribution is -0.141. The molecule has 1 atom stereocenters. The van der Waals surface area contributed by atoms with Gasteiger partial charge in [-0.2, -0.15) is 0 Å². The second-order valence-electron chi connectivity index (χ2n) is 8.47. The van der Waals surface area contributed by atoms with Crippen molar-refractivity contribution in [3.8, 4) is 0 Å². The molecule has 1 unspecified atom stereocenters. The van der Waals surface area contributed by atoms with Crippen LogP contribution in [-0.2, 0) is 9.53 Å². The molecule has 154 valence electrons. The van der Waals surface area contributed by atoms with Crippen LogP contribution in [0.15, 0.2) is 17.5 Å². The molecule has 0 aliphatic carbocycles. The highest BCUT2D eigenvalue weighted by Crippen LogP contribution is 2.57. The normalized spacial score (nSPS) is 27.4. The smallest absolute Gasteiger partial charge is 0.263 e. The Morgan fingerprint density at radius 1 is 1.21 bits per heavy atom. The van der Waals surface area contributed by atoms with Gasteiger partial charge in [0.25, 0.3) is 5.91 Å². The highest BCUT2D eigenvalue weighted by Gasteiger charge is 2.64. The van der Waals surface area contributed by atoms with Gasteiger partial charge in [0.05, 0.1) is 16.9 Å². The second kappa shape index (κ2) is 7.76. The molecule has 0 N–H and O–H groups in total. The lowest BCUT2D eigenvalue weighted by Crippen LogP contribution is -2.53. The Labute approximate surface area is 171 Å². The van der Waals surface area contributed by atoms with Crippen LogP contribution in [-0.4, -0.2) is 86.0 Å². The predicted molar refractivity (Wildman–Crippen MR) is 110 cm³/mol. The highest BCUT2D eigenvalue weighted by atomic mass is 32.1. The van der Waals surface area contributed by atoms with Gasteiger partial charge in [-0.15, -0.1) is 11.3 Å². The first kappa shape index (κ1) is 19.9. The minimum Gasteiger partial charge on any atom is -0.383 e. The molecule has 0 bridgehead atoms. The summed E-state index contributed by atoms with van der Waals surface area (Å²) in [5.41, 5.74) is -0.303. The molecule has 3 fully saturated rings. The molecule has 3 aliphatic rings. The average molecular weight is 406 g/mol. The number of piperidine rings is 1. The van der Waals surface area contributed by atoms with E-state index < -0.39 is 0 Å². The van der Waals surface area contributed by atoms with Gasteiger partial charge in [0, 0.05) is 58.3 Å². The minimum atomic E-state index is -0.283. The topological polar surface area (TPSA) is 53.1 Å². The number of carbonyl (C=O) groups is 2. The summed E-state index contributed by atoms with van der Waals surface area (Å²) in [6, 6.07) is 3.83. The highest BCUT2D eigenvalue weighted by molar-refractivity contribution is 7.12.